The Labute approximate surface area is 120 Å². The van der Waals surface area contributed by atoms with Crippen LogP contribution in [-0.4, -0.2) is 23.6 Å². The van der Waals surface area contributed by atoms with Gasteiger partial charge in [-0.15, -0.1) is 0 Å². The van der Waals surface area contributed by atoms with Gasteiger partial charge in [0.15, 0.2) is 0 Å². The Balaban J connectivity index is 1.81. The summed E-state index contributed by atoms with van der Waals surface area (Å²) in [6.07, 6.45) is 5.36. The van der Waals surface area contributed by atoms with Gasteiger partial charge in [-0.25, -0.2) is 0 Å². The minimum atomic E-state index is -0.537. The predicted octanol–water partition coefficient (Wildman–Crippen LogP) is 1.96. The maximum Gasteiger partial charge on any atom is 0.237 e. The third kappa shape index (κ3) is 3.97. The molecule has 1 aromatic carbocycles. The average molecular weight is 276 g/mol. The van der Waals surface area contributed by atoms with Crippen molar-refractivity contribution in [2.24, 2.45) is 11.1 Å². The summed E-state index contributed by atoms with van der Waals surface area (Å²) in [5.74, 6) is 0.132. The van der Waals surface area contributed by atoms with E-state index in [9.17, 15) is 9.90 Å². The molecular weight excluding hydrogens is 252 g/mol. The van der Waals surface area contributed by atoms with Crippen molar-refractivity contribution in [1.82, 2.24) is 5.32 Å². The number of nitrogens with two attached hydrogens (primary N) is 1. The van der Waals surface area contributed by atoms with E-state index in [0.717, 1.165) is 12.1 Å². The molecule has 0 aliphatic heterocycles. The van der Waals surface area contributed by atoms with Crippen LogP contribution in [0, 0.1) is 5.41 Å². The van der Waals surface area contributed by atoms with Crippen molar-refractivity contribution in [3.05, 3.63) is 29.8 Å². The Morgan fingerprint density at radius 3 is 2.55 bits per heavy atom. The van der Waals surface area contributed by atoms with Crippen LogP contribution in [0.3, 0.4) is 0 Å². The second kappa shape index (κ2) is 6.27. The molecule has 0 aromatic heterocycles. The van der Waals surface area contributed by atoms with Gasteiger partial charge in [0.25, 0.3) is 0 Å². The molecule has 20 heavy (non-hydrogen) atoms. The van der Waals surface area contributed by atoms with Gasteiger partial charge in [-0.3, -0.25) is 4.79 Å². The van der Waals surface area contributed by atoms with Gasteiger partial charge in [0, 0.05) is 6.54 Å². The van der Waals surface area contributed by atoms with E-state index in [1.807, 2.05) is 0 Å². The molecule has 1 amide bonds. The largest absolute Gasteiger partial charge is 0.508 e. The van der Waals surface area contributed by atoms with Crippen molar-refractivity contribution in [3.8, 4) is 5.75 Å². The smallest absolute Gasteiger partial charge is 0.237 e. The highest BCUT2D eigenvalue weighted by atomic mass is 16.3. The molecule has 0 spiro atoms. The number of rotatable bonds is 5. The number of hydrogen-bond acceptors (Lipinski definition) is 3. The minimum absolute atomic E-state index is 0.0915. The van der Waals surface area contributed by atoms with Crippen molar-refractivity contribution < 1.29 is 9.90 Å². The summed E-state index contributed by atoms with van der Waals surface area (Å²) >= 11 is 0. The van der Waals surface area contributed by atoms with Crippen LogP contribution in [0.5, 0.6) is 5.75 Å². The molecule has 1 aliphatic carbocycles. The van der Waals surface area contributed by atoms with Crippen LogP contribution < -0.4 is 11.1 Å². The van der Waals surface area contributed by atoms with E-state index in [1.165, 1.54) is 25.7 Å². The van der Waals surface area contributed by atoms with Crippen molar-refractivity contribution in [2.75, 3.05) is 6.54 Å². The molecule has 2 rings (SSSR count). The topological polar surface area (TPSA) is 75.4 Å². The molecule has 4 nitrogen and oxygen atoms in total. The number of carbonyl (C=O) groups is 1. The van der Waals surface area contributed by atoms with Crippen LogP contribution in [0.2, 0.25) is 0 Å². The maximum atomic E-state index is 12.0. The van der Waals surface area contributed by atoms with Crippen LogP contribution in [0.1, 0.15) is 38.2 Å². The van der Waals surface area contributed by atoms with Crippen LogP contribution >= 0.6 is 0 Å². The minimum Gasteiger partial charge on any atom is -0.508 e. The van der Waals surface area contributed by atoms with E-state index in [2.05, 4.69) is 12.2 Å². The van der Waals surface area contributed by atoms with E-state index in [1.54, 1.807) is 24.3 Å². The van der Waals surface area contributed by atoms with E-state index in [-0.39, 0.29) is 17.1 Å². The molecule has 1 atom stereocenters. The van der Waals surface area contributed by atoms with Crippen LogP contribution in [-0.2, 0) is 11.2 Å². The second-order valence-electron chi connectivity index (χ2n) is 6.21. The first kappa shape index (κ1) is 14.9. The van der Waals surface area contributed by atoms with E-state index < -0.39 is 6.04 Å². The molecule has 4 heteroatoms. The third-order valence-electron chi connectivity index (χ3n) is 4.23. The standard InChI is InChI=1S/C16H24N2O2/c1-16(8-2-3-9-16)11-18-15(20)14(17)10-12-4-6-13(19)7-5-12/h4-7,14,19H,2-3,8-11,17H2,1H3,(H,18,20)/t14-/m0/s1. The predicted molar refractivity (Wildman–Crippen MR) is 79.4 cm³/mol. The molecule has 0 heterocycles. The number of phenols is 1. The van der Waals surface area contributed by atoms with E-state index in [0.29, 0.717) is 6.42 Å². The van der Waals surface area contributed by atoms with Gasteiger partial charge in [-0.1, -0.05) is 31.9 Å². The monoisotopic (exact) mass is 276 g/mol. The number of carbonyl (C=O) groups excluding carboxylic acids is 1. The molecule has 0 unspecified atom stereocenters. The lowest BCUT2D eigenvalue weighted by molar-refractivity contribution is -0.122. The summed E-state index contributed by atoms with van der Waals surface area (Å²) < 4.78 is 0. The fourth-order valence-corrected chi connectivity index (χ4v) is 2.82. The number of benzene rings is 1. The number of hydrogen-bond donors (Lipinski definition) is 3. The van der Waals surface area contributed by atoms with Crippen molar-refractivity contribution in [2.45, 2.75) is 45.1 Å². The SMILES string of the molecule is CC1(CNC(=O)[C@@H](N)Cc2ccc(O)cc2)CCCC1. The summed E-state index contributed by atoms with van der Waals surface area (Å²) in [6.45, 7) is 2.95. The van der Waals surface area contributed by atoms with Gasteiger partial charge in [0.05, 0.1) is 6.04 Å². The third-order valence-corrected chi connectivity index (χ3v) is 4.23. The number of phenolic OH excluding ortho intramolecular Hbond substituents is 1. The summed E-state index contributed by atoms with van der Waals surface area (Å²) in [5, 5.41) is 12.2. The molecule has 0 radical (unpaired) electrons. The van der Waals surface area contributed by atoms with Crippen molar-refractivity contribution in [1.29, 1.82) is 0 Å². The zero-order valence-corrected chi connectivity index (χ0v) is 12.1. The normalized spacial score (nSPS) is 18.7. The average Bonchev–Trinajstić information content (AvgIpc) is 2.86. The number of amides is 1. The number of aromatic hydroxyl groups is 1. The van der Waals surface area contributed by atoms with Gasteiger partial charge in [-0.2, -0.15) is 0 Å². The molecule has 0 bridgehead atoms. The van der Waals surface area contributed by atoms with Gasteiger partial charge in [0.1, 0.15) is 5.75 Å². The van der Waals surface area contributed by atoms with Crippen molar-refractivity contribution in [3.63, 3.8) is 0 Å². The van der Waals surface area contributed by atoms with Crippen LogP contribution in [0.25, 0.3) is 0 Å². The molecule has 0 saturated heterocycles. The lowest BCUT2D eigenvalue weighted by Gasteiger charge is -2.24. The van der Waals surface area contributed by atoms with Crippen LogP contribution in [0.4, 0.5) is 0 Å². The Bertz CT molecular complexity index is 450. The summed E-state index contributed by atoms with van der Waals surface area (Å²) in [5.41, 5.74) is 7.14. The first-order chi connectivity index (χ1) is 9.48. The van der Waals surface area contributed by atoms with Crippen LogP contribution in [0.15, 0.2) is 24.3 Å². The Kier molecular flexibility index (Phi) is 4.65. The molecular formula is C16H24N2O2. The lowest BCUT2D eigenvalue weighted by atomic mass is 9.89. The zero-order chi connectivity index (χ0) is 14.6. The number of nitrogens with one attached hydrogen (secondary N) is 1. The Hall–Kier alpha value is -1.55. The lowest BCUT2D eigenvalue weighted by Crippen LogP contribution is -2.45. The highest BCUT2D eigenvalue weighted by molar-refractivity contribution is 5.81. The highest BCUT2D eigenvalue weighted by Crippen LogP contribution is 2.36. The fraction of sp³-hybridized carbons (Fsp3) is 0.562. The summed E-state index contributed by atoms with van der Waals surface area (Å²) in [6, 6.07) is 6.27. The summed E-state index contributed by atoms with van der Waals surface area (Å²) in [4.78, 5) is 12.0. The van der Waals surface area contributed by atoms with E-state index >= 15 is 0 Å². The molecule has 4 N–H and O–H groups in total. The summed E-state index contributed by atoms with van der Waals surface area (Å²) in [7, 11) is 0. The molecule has 1 aliphatic rings. The van der Waals surface area contributed by atoms with E-state index in [4.69, 9.17) is 5.73 Å². The highest BCUT2D eigenvalue weighted by Gasteiger charge is 2.29. The van der Waals surface area contributed by atoms with Crippen molar-refractivity contribution >= 4 is 5.91 Å². The first-order valence-electron chi connectivity index (χ1n) is 7.30. The van der Waals surface area contributed by atoms with Gasteiger partial charge < -0.3 is 16.2 Å². The first-order valence-corrected chi connectivity index (χ1v) is 7.30. The van der Waals surface area contributed by atoms with Gasteiger partial charge in [0.2, 0.25) is 5.91 Å². The maximum absolute atomic E-state index is 12.0. The molecule has 1 saturated carbocycles. The van der Waals surface area contributed by atoms with Gasteiger partial charge in [-0.05, 0) is 42.4 Å². The Morgan fingerprint density at radius 1 is 1.35 bits per heavy atom. The molecule has 1 aromatic rings. The second-order valence-corrected chi connectivity index (χ2v) is 6.21. The quantitative estimate of drug-likeness (QED) is 0.769. The van der Waals surface area contributed by atoms with Gasteiger partial charge >= 0.3 is 0 Å². The fourth-order valence-electron chi connectivity index (χ4n) is 2.82. The zero-order valence-electron chi connectivity index (χ0n) is 12.1. The molecule has 110 valence electrons. The molecule has 1 fully saturated rings. The Morgan fingerprint density at radius 2 is 1.95 bits per heavy atom.